The van der Waals surface area contributed by atoms with Gasteiger partial charge in [-0.1, -0.05) is 0 Å². The van der Waals surface area contributed by atoms with E-state index in [0.717, 1.165) is 18.2 Å². The Morgan fingerprint density at radius 2 is 1.85 bits per heavy atom. The Labute approximate surface area is 229 Å². The highest BCUT2D eigenvalue weighted by atomic mass is 19.4. The summed E-state index contributed by atoms with van der Waals surface area (Å²) in [6.45, 7) is -1.39. The van der Waals surface area contributed by atoms with Crippen molar-refractivity contribution < 1.29 is 45.3 Å². The molecule has 0 aliphatic carbocycles. The maximum atomic E-state index is 14.3. The Morgan fingerprint density at radius 1 is 1.12 bits per heavy atom. The molecule has 2 N–H and O–H groups in total. The Hall–Kier alpha value is -4.42. The number of halogens is 6. The van der Waals surface area contributed by atoms with Crippen molar-refractivity contribution in [2.24, 2.45) is 0 Å². The van der Waals surface area contributed by atoms with Crippen LogP contribution in [0.3, 0.4) is 0 Å². The number of pyridine rings is 1. The summed E-state index contributed by atoms with van der Waals surface area (Å²) in [5.41, 5.74) is -0.241. The van der Waals surface area contributed by atoms with Gasteiger partial charge in [-0.15, -0.1) is 0 Å². The van der Waals surface area contributed by atoms with Crippen molar-refractivity contribution >= 4 is 16.8 Å². The number of alkyl halides is 5. The average molecular weight is 579 g/mol. The molecule has 0 radical (unpaired) electrons. The molecule has 0 saturated carbocycles. The van der Waals surface area contributed by atoms with Gasteiger partial charge in [-0.25, -0.2) is 18.2 Å². The van der Waals surface area contributed by atoms with Crippen LogP contribution in [0, 0.1) is 5.82 Å². The molecule has 0 bridgehead atoms. The van der Waals surface area contributed by atoms with Crippen molar-refractivity contribution in [3.8, 4) is 28.5 Å². The SMILES string of the molecule is COc1cc(OC)c2cc(C(=O)NCC(c3cc4c(c(-c5ccc(F)cc5)n3)OCC4C(F)F)C(F)(F)F)[nH]c2c1. The van der Waals surface area contributed by atoms with Crippen molar-refractivity contribution in [3.05, 3.63) is 71.3 Å². The zero-order valence-electron chi connectivity index (χ0n) is 21.6. The van der Waals surface area contributed by atoms with E-state index in [1.807, 2.05) is 0 Å². The molecule has 41 heavy (non-hydrogen) atoms. The minimum absolute atomic E-state index is 0.0347. The van der Waals surface area contributed by atoms with E-state index in [9.17, 15) is 31.1 Å². The predicted octanol–water partition coefficient (Wildman–Crippen LogP) is 6.20. The smallest absolute Gasteiger partial charge is 0.398 e. The summed E-state index contributed by atoms with van der Waals surface area (Å²) >= 11 is 0. The van der Waals surface area contributed by atoms with Gasteiger partial charge in [0, 0.05) is 35.2 Å². The summed E-state index contributed by atoms with van der Waals surface area (Å²) in [4.78, 5) is 19.9. The number of fused-ring (bicyclic) bond motifs is 2. The first-order valence-corrected chi connectivity index (χ1v) is 12.3. The summed E-state index contributed by atoms with van der Waals surface area (Å²) < 4.78 is 100.0. The Bertz CT molecular complexity index is 1590. The highest BCUT2D eigenvalue weighted by Gasteiger charge is 2.44. The number of nitrogens with one attached hydrogen (secondary N) is 2. The molecular weight excluding hydrogens is 556 g/mol. The van der Waals surface area contributed by atoms with E-state index >= 15 is 0 Å². The third-order valence-corrected chi connectivity index (χ3v) is 6.84. The second kappa shape index (κ2) is 10.9. The maximum Gasteiger partial charge on any atom is 0.398 e. The fourth-order valence-electron chi connectivity index (χ4n) is 4.72. The number of amides is 1. The standard InChI is InChI=1S/C28H23F6N3O4/c1-39-15-7-20-17(23(8-15)40-2)10-22(36-20)27(38)35-11-19(28(32,33)34)21-9-16-18(26(30)31)12-41-25(16)24(37-21)13-3-5-14(29)6-4-13/h3-10,18-19,26,36H,11-12H2,1-2H3,(H,35,38). The van der Waals surface area contributed by atoms with Crippen molar-refractivity contribution in [1.29, 1.82) is 0 Å². The summed E-state index contributed by atoms with van der Waals surface area (Å²) in [7, 11) is 2.86. The molecule has 2 aromatic heterocycles. The largest absolute Gasteiger partial charge is 0.497 e. The molecule has 1 amide bonds. The first-order valence-electron chi connectivity index (χ1n) is 12.3. The van der Waals surface area contributed by atoms with Gasteiger partial charge in [0.2, 0.25) is 6.43 Å². The lowest BCUT2D eigenvalue weighted by Crippen LogP contribution is -2.35. The number of H-pyrrole nitrogens is 1. The molecule has 4 aromatic rings. The van der Waals surface area contributed by atoms with Crippen molar-refractivity contribution in [2.75, 3.05) is 27.4 Å². The van der Waals surface area contributed by atoms with Gasteiger partial charge in [0.1, 0.15) is 47.0 Å². The molecule has 2 aromatic carbocycles. The van der Waals surface area contributed by atoms with Crippen LogP contribution in [0.25, 0.3) is 22.2 Å². The van der Waals surface area contributed by atoms with E-state index in [2.05, 4.69) is 15.3 Å². The zero-order valence-corrected chi connectivity index (χ0v) is 21.6. The van der Waals surface area contributed by atoms with Crippen molar-refractivity contribution in [1.82, 2.24) is 15.3 Å². The number of hydrogen-bond donors (Lipinski definition) is 2. The summed E-state index contributed by atoms with van der Waals surface area (Å²) in [5, 5.41) is 2.78. The number of benzene rings is 2. The van der Waals surface area contributed by atoms with Crippen LogP contribution in [0.4, 0.5) is 26.3 Å². The highest BCUT2D eigenvalue weighted by Crippen LogP contribution is 2.46. The maximum absolute atomic E-state index is 14.3. The fourth-order valence-corrected chi connectivity index (χ4v) is 4.72. The molecule has 2 unspecified atom stereocenters. The minimum atomic E-state index is -4.91. The minimum Gasteiger partial charge on any atom is -0.497 e. The number of carbonyl (C=O) groups is 1. The van der Waals surface area contributed by atoms with Gasteiger partial charge < -0.3 is 24.5 Å². The number of rotatable bonds is 8. The molecule has 13 heteroatoms. The lowest BCUT2D eigenvalue weighted by molar-refractivity contribution is -0.149. The van der Waals surface area contributed by atoms with Crippen LogP contribution < -0.4 is 19.5 Å². The number of hydrogen-bond acceptors (Lipinski definition) is 5. The van der Waals surface area contributed by atoms with Gasteiger partial charge >= 0.3 is 6.18 Å². The highest BCUT2D eigenvalue weighted by molar-refractivity contribution is 6.00. The number of ether oxygens (including phenoxy) is 3. The van der Waals surface area contributed by atoms with E-state index in [4.69, 9.17) is 14.2 Å². The number of aromatic nitrogens is 2. The molecule has 1 aliphatic heterocycles. The topological polar surface area (TPSA) is 85.5 Å². The summed E-state index contributed by atoms with van der Waals surface area (Å²) in [6, 6.07) is 10.2. The molecule has 216 valence electrons. The van der Waals surface area contributed by atoms with E-state index < -0.39 is 55.0 Å². The lowest BCUT2D eigenvalue weighted by atomic mass is 9.94. The molecule has 1 aliphatic rings. The number of nitrogens with zero attached hydrogens (tertiary/aromatic N) is 1. The third-order valence-electron chi connectivity index (χ3n) is 6.84. The summed E-state index contributed by atoms with van der Waals surface area (Å²) in [6.07, 6.45) is -7.82. The zero-order chi connectivity index (χ0) is 29.5. The van der Waals surface area contributed by atoms with Crippen LogP contribution in [0.1, 0.15) is 33.6 Å². The van der Waals surface area contributed by atoms with Crippen LogP contribution in [0.15, 0.2) is 48.5 Å². The Balaban J connectivity index is 1.49. The van der Waals surface area contributed by atoms with E-state index in [0.29, 0.717) is 22.4 Å². The van der Waals surface area contributed by atoms with Crippen molar-refractivity contribution in [3.63, 3.8) is 0 Å². The lowest BCUT2D eigenvalue weighted by Gasteiger charge is -2.22. The van der Waals surface area contributed by atoms with Crippen LogP contribution in [-0.4, -0.2) is 55.8 Å². The van der Waals surface area contributed by atoms with Crippen LogP contribution in [0.5, 0.6) is 17.2 Å². The van der Waals surface area contributed by atoms with Gasteiger partial charge in [0.15, 0.2) is 0 Å². The molecule has 2 atom stereocenters. The van der Waals surface area contributed by atoms with E-state index in [1.165, 1.54) is 32.4 Å². The van der Waals surface area contributed by atoms with Crippen LogP contribution in [0.2, 0.25) is 0 Å². The average Bonchev–Trinajstić information content (AvgIpc) is 3.56. The molecule has 7 nitrogen and oxygen atoms in total. The quantitative estimate of drug-likeness (QED) is 0.243. The second-order valence-corrected chi connectivity index (χ2v) is 9.35. The first-order chi connectivity index (χ1) is 19.5. The molecule has 0 spiro atoms. The van der Waals surface area contributed by atoms with Gasteiger partial charge in [0.05, 0.1) is 31.3 Å². The molecule has 0 fully saturated rings. The molecule has 3 heterocycles. The monoisotopic (exact) mass is 579 g/mol. The summed E-state index contributed by atoms with van der Waals surface area (Å²) in [5.74, 6) is -4.54. The number of aromatic amines is 1. The Kier molecular flexibility index (Phi) is 7.45. The van der Waals surface area contributed by atoms with Gasteiger partial charge in [-0.3, -0.25) is 4.79 Å². The van der Waals surface area contributed by atoms with Crippen LogP contribution in [-0.2, 0) is 0 Å². The van der Waals surface area contributed by atoms with E-state index in [1.54, 1.807) is 12.1 Å². The van der Waals surface area contributed by atoms with Crippen LogP contribution >= 0.6 is 0 Å². The molecular formula is C28H23F6N3O4. The van der Waals surface area contributed by atoms with Crippen molar-refractivity contribution in [2.45, 2.75) is 24.4 Å². The number of carbonyl (C=O) groups excluding carboxylic acids is 1. The van der Waals surface area contributed by atoms with Gasteiger partial charge in [0.25, 0.3) is 5.91 Å². The number of methoxy groups -OCH3 is 2. The second-order valence-electron chi connectivity index (χ2n) is 9.35. The predicted molar refractivity (Wildman–Crippen MR) is 136 cm³/mol. The normalized spacial score (nSPS) is 15.5. The first kappa shape index (κ1) is 28.1. The Morgan fingerprint density at radius 3 is 2.49 bits per heavy atom. The van der Waals surface area contributed by atoms with Gasteiger partial charge in [-0.2, -0.15) is 13.2 Å². The molecule has 0 saturated heterocycles. The fraction of sp³-hybridized carbons (Fsp3) is 0.286. The third kappa shape index (κ3) is 5.48. The van der Waals surface area contributed by atoms with E-state index in [-0.39, 0.29) is 28.3 Å². The van der Waals surface area contributed by atoms with Gasteiger partial charge in [-0.05, 0) is 36.4 Å². The molecule has 5 rings (SSSR count).